The maximum absolute atomic E-state index is 12.3. The summed E-state index contributed by atoms with van der Waals surface area (Å²) in [7, 11) is 0. The van der Waals surface area contributed by atoms with Crippen molar-refractivity contribution in [3.05, 3.63) is 31.8 Å². The van der Waals surface area contributed by atoms with Gasteiger partial charge in [-0.3, -0.25) is 4.79 Å². The summed E-state index contributed by atoms with van der Waals surface area (Å²) < 4.78 is 2.19. The molecule has 0 radical (unpaired) electrons. The molecule has 0 aliphatic heterocycles. The molecule has 1 fully saturated rings. The summed E-state index contributed by atoms with van der Waals surface area (Å²) in [5.74, 6) is 0.0334. The van der Waals surface area contributed by atoms with Crippen molar-refractivity contribution in [3.8, 4) is 0 Å². The summed E-state index contributed by atoms with van der Waals surface area (Å²) in [4.78, 5) is 12.3. The van der Waals surface area contributed by atoms with Gasteiger partial charge in [-0.25, -0.2) is 0 Å². The van der Waals surface area contributed by atoms with Gasteiger partial charge in [0, 0.05) is 19.3 Å². The highest BCUT2D eigenvalue weighted by Crippen LogP contribution is 2.39. The van der Waals surface area contributed by atoms with E-state index >= 15 is 0 Å². The molecule has 0 heterocycles. The third-order valence-corrected chi connectivity index (χ3v) is 6.54. The molecule has 2 nitrogen and oxygen atoms in total. The third-order valence-electron chi connectivity index (χ3n) is 3.69. The van der Waals surface area contributed by atoms with E-state index < -0.39 is 0 Å². The third kappa shape index (κ3) is 3.88. The Kier molecular flexibility index (Phi) is 5.60. The second-order valence-electron chi connectivity index (χ2n) is 4.90. The molecule has 19 heavy (non-hydrogen) atoms. The van der Waals surface area contributed by atoms with Crippen molar-refractivity contribution in [1.29, 1.82) is 0 Å². The lowest BCUT2D eigenvalue weighted by atomic mass is 10.1. The number of hydrogen-bond acceptors (Lipinski definition) is 2. The number of nitrogens with one attached hydrogen (secondary N) is 1. The lowest BCUT2D eigenvalue weighted by molar-refractivity contribution is 0.0948. The maximum atomic E-state index is 12.3. The number of rotatable bonds is 4. The highest BCUT2D eigenvalue weighted by atomic mass is 127. The minimum absolute atomic E-state index is 0.0334. The molecular weight excluding hydrogens is 437 g/mol. The summed E-state index contributed by atoms with van der Waals surface area (Å²) in [6, 6.07) is 5.80. The SMILES string of the molecule is CSC1(CNC(=O)c2cc(Br)ccc2I)CCCC1. The summed E-state index contributed by atoms with van der Waals surface area (Å²) >= 11 is 7.52. The quantitative estimate of drug-likeness (QED) is 0.682. The Morgan fingerprint density at radius 1 is 1.47 bits per heavy atom. The summed E-state index contributed by atoms with van der Waals surface area (Å²) in [5, 5.41) is 3.12. The Labute approximate surface area is 140 Å². The molecule has 104 valence electrons. The van der Waals surface area contributed by atoms with Gasteiger partial charge in [-0.1, -0.05) is 28.8 Å². The number of carbonyl (C=O) groups is 1. The van der Waals surface area contributed by atoms with Crippen molar-refractivity contribution in [1.82, 2.24) is 5.32 Å². The molecule has 1 aromatic carbocycles. The largest absolute Gasteiger partial charge is 0.351 e. The van der Waals surface area contributed by atoms with E-state index in [1.54, 1.807) is 0 Å². The Morgan fingerprint density at radius 3 is 2.79 bits per heavy atom. The molecule has 1 amide bonds. The molecule has 0 aromatic heterocycles. The predicted molar refractivity (Wildman–Crippen MR) is 93.9 cm³/mol. The van der Waals surface area contributed by atoms with Gasteiger partial charge < -0.3 is 5.32 Å². The molecule has 0 saturated heterocycles. The van der Waals surface area contributed by atoms with Crippen LogP contribution in [0.25, 0.3) is 0 Å². The molecule has 0 spiro atoms. The molecule has 1 saturated carbocycles. The van der Waals surface area contributed by atoms with Crippen LogP contribution < -0.4 is 5.32 Å². The van der Waals surface area contributed by atoms with Crippen molar-refractivity contribution < 1.29 is 4.79 Å². The van der Waals surface area contributed by atoms with Gasteiger partial charge >= 0.3 is 0 Å². The molecule has 5 heteroatoms. The first-order valence-electron chi connectivity index (χ1n) is 6.35. The minimum atomic E-state index is 0.0334. The van der Waals surface area contributed by atoms with Crippen LogP contribution >= 0.6 is 50.3 Å². The molecule has 2 rings (SSSR count). The molecule has 0 bridgehead atoms. The molecule has 1 N–H and O–H groups in total. The van der Waals surface area contributed by atoms with Crippen molar-refractivity contribution in [2.75, 3.05) is 12.8 Å². The van der Waals surface area contributed by atoms with Crippen LogP contribution in [0.2, 0.25) is 0 Å². The fraction of sp³-hybridized carbons (Fsp3) is 0.500. The zero-order chi connectivity index (χ0) is 13.9. The molecule has 1 aliphatic carbocycles. The second-order valence-corrected chi connectivity index (χ2v) is 8.25. The molecule has 0 atom stereocenters. The van der Waals surface area contributed by atoms with Crippen LogP contribution in [0.3, 0.4) is 0 Å². The van der Waals surface area contributed by atoms with E-state index in [4.69, 9.17) is 0 Å². The zero-order valence-corrected chi connectivity index (χ0v) is 15.4. The van der Waals surface area contributed by atoms with Crippen LogP contribution in [0.4, 0.5) is 0 Å². The average Bonchev–Trinajstić information content (AvgIpc) is 2.88. The number of hydrogen-bond donors (Lipinski definition) is 1. The Hall–Kier alpha value is 0.250. The maximum Gasteiger partial charge on any atom is 0.252 e. The van der Waals surface area contributed by atoms with Crippen molar-refractivity contribution >= 4 is 56.2 Å². The standard InChI is InChI=1S/C14H17BrINOS/c1-19-14(6-2-3-7-14)9-17-13(18)11-8-10(15)4-5-12(11)16/h4-5,8H,2-3,6-7,9H2,1H3,(H,17,18). The van der Waals surface area contributed by atoms with Crippen LogP contribution in [0.1, 0.15) is 36.0 Å². The molecule has 1 aliphatic rings. The zero-order valence-electron chi connectivity index (χ0n) is 10.8. The topological polar surface area (TPSA) is 29.1 Å². The Bertz CT molecular complexity index is 475. The van der Waals surface area contributed by atoms with Crippen LogP contribution in [-0.4, -0.2) is 23.5 Å². The van der Waals surface area contributed by atoms with E-state index in [1.165, 1.54) is 25.7 Å². The van der Waals surface area contributed by atoms with Crippen molar-refractivity contribution in [2.45, 2.75) is 30.4 Å². The smallest absolute Gasteiger partial charge is 0.252 e. The van der Waals surface area contributed by atoms with E-state index in [1.807, 2.05) is 30.0 Å². The number of halogens is 2. The number of thioether (sulfide) groups is 1. The lowest BCUT2D eigenvalue weighted by Gasteiger charge is -2.27. The second kappa shape index (κ2) is 6.80. The summed E-state index contributed by atoms with van der Waals surface area (Å²) in [6.07, 6.45) is 7.14. The van der Waals surface area contributed by atoms with E-state index in [2.05, 4.69) is 50.1 Å². The van der Waals surface area contributed by atoms with Gasteiger partial charge in [0.1, 0.15) is 0 Å². The first-order chi connectivity index (χ1) is 9.06. The van der Waals surface area contributed by atoms with Crippen molar-refractivity contribution in [3.63, 3.8) is 0 Å². The van der Waals surface area contributed by atoms with E-state index in [-0.39, 0.29) is 10.7 Å². The van der Waals surface area contributed by atoms with E-state index in [0.29, 0.717) is 0 Å². The van der Waals surface area contributed by atoms with Crippen LogP contribution in [-0.2, 0) is 0 Å². The van der Waals surface area contributed by atoms with Gasteiger partial charge in [-0.05, 0) is 59.9 Å². The first kappa shape index (κ1) is 15.6. The summed E-state index contributed by atoms with van der Waals surface area (Å²) in [5.41, 5.74) is 0.754. The first-order valence-corrected chi connectivity index (χ1v) is 9.44. The van der Waals surface area contributed by atoms with Crippen LogP contribution in [0.15, 0.2) is 22.7 Å². The number of benzene rings is 1. The van der Waals surface area contributed by atoms with Gasteiger partial charge in [-0.15, -0.1) is 0 Å². The minimum Gasteiger partial charge on any atom is -0.351 e. The highest BCUT2D eigenvalue weighted by molar-refractivity contribution is 14.1. The Morgan fingerprint density at radius 2 is 2.16 bits per heavy atom. The molecule has 1 aromatic rings. The van der Waals surface area contributed by atoms with Gasteiger partial charge in [0.05, 0.1) is 5.56 Å². The van der Waals surface area contributed by atoms with Gasteiger partial charge in [0.25, 0.3) is 5.91 Å². The van der Waals surface area contributed by atoms with Gasteiger partial charge in [0.15, 0.2) is 0 Å². The van der Waals surface area contributed by atoms with Gasteiger partial charge in [0.2, 0.25) is 0 Å². The monoisotopic (exact) mass is 453 g/mol. The fourth-order valence-corrected chi connectivity index (χ4v) is 4.34. The van der Waals surface area contributed by atoms with Crippen LogP contribution in [0.5, 0.6) is 0 Å². The van der Waals surface area contributed by atoms with Gasteiger partial charge in [-0.2, -0.15) is 11.8 Å². The number of amides is 1. The molecule has 0 unspecified atom stereocenters. The Balaban J connectivity index is 2.03. The summed E-state index contributed by atoms with van der Waals surface area (Å²) in [6.45, 7) is 0.773. The van der Waals surface area contributed by atoms with E-state index in [0.717, 1.165) is 20.2 Å². The van der Waals surface area contributed by atoms with Crippen molar-refractivity contribution in [2.24, 2.45) is 0 Å². The van der Waals surface area contributed by atoms with Crippen LogP contribution in [0, 0.1) is 3.57 Å². The van der Waals surface area contributed by atoms with E-state index in [9.17, 15) is 4.79 Å². The predicted octanol–water partition coefficient (Wildman–Crippen LogP) is 4.46. The fourth-order valence-electron chi connectivity index (χ4n) is 2.48. The average molecular weight is 454 g/mol. The highest BCUT2D eigenvalue weighted by Gasteiger charge is 2.33. The molecular formula is C14H17BrINOS. The lowest BCUT2D eigenvalue weighted by Crippen LogP contribution is -2.38. The normalized spacial score (nSPS) is 17.4. The number of carbonyl (C=O) groups excluding carboxylic acids is 1.